The number of thioether (sulfide) groups is 8. The van der Waals surface area contributed by atoms with Crippen molar-refractivity contribution >= 4 is 117 Å². The zero-order valence-corrected chi connectivity index (χ0v) is 23.5. The van der Waals surface area contributed by atoms with Gasteiger partial charge in [-0.3, -0.25) is 9.59 Å². The summed E-state index contributed by atoms with van der Waals surface area (Å²) < 4.78 is 8.35. The Morgan fingerprint density at radius 2 is 1.32 bits per heavy atom. The molecule has 0 aromatic heterocycles. The summed E-state index contributed by atoms with van der Waals surface area (Å²) in [5, 5.41) is 0.811. The second-order valence-electron chi connectivity index (χ2n) is 7.51. The molecule has 0 spiro atoms. The molecule has 1 fully saturated rings. The Balaban J connectivity index is 1.28. The van der Waals surface area contributed by atoms with E-state index in [0.29, 0.717) is 10.5 Å². The molecule has 31 heavy (non-hydrogen) atoms. The number of allylic oxidation sites excluding steroid dienone is 4. The van der Waals surface area contributed by atoms with Gasteiger partial charge < -0.3 is 0 Å². The highest BCUT2D eigenvalue weighted by Gasteiger charge is 2.56. The fraction of sp³-hybridized carbons (Fsp3) is 0.400. The van der Waals surface area contributed by atoms with Crippen LogP contribution in [0, 0.1) is 11.8 Å². The van der Waals surface area contributed by atoms with Gasteiger partial charge in [-0.25, -0.2) is 0 Å². The van der Waals surface area contributed by atoms with Crippen molar-refractivity contribution in [2.45, 2.75) is 23.3 Å². The van der Waals surface area contributed by atoms with E-state index in [-0.39, 0.29) is 28.4 Å². The van der Waals surface area contributed by atoms with Gasteiger partial charge in [0.1, 0.15) is 0 Å². The smallest absolute Gasteiger partial charge is 0.201 e. The maximum absolute atomic E-state index is 12.9. The third-order valence-electron chi connectivity index (χ3n) is 6.02. The van der Waals surface area contributed by atoms with Crippen LogP contribution in [-0.2, 0) is 9.59 Å². The van der Waals surface area contributed by atoms with Crippen molar-refractivity contribution in [1.29, 1.82) is 0 Å². The summed E-state index contributed by atoms with van der Waals surface area (Å²) in [6, 6.07) is 0. The number of rotatable bonds is 2. The Hall–Kier alpha value is 1.13. The van der Waals surface area contributed by atoms with E-state index in [1.54, 1.807) is 0 Å². The number of fused-ring (bicyclic) bond motifs is 1. The summed E-state index contributed by atoms with van der Waals surface area (Å²) in [6.07, 6.45) is 7.63. The number of ketones is 2. The standard InChI is InChI=1S/C20H15ClO2S8/c1-24-15-16(25-2)29-19(28-15)20-30-17-18(31-20)27-14-7-4-3-6(13(14)26-17)10-9(22)5-8(21)12(23)11(7)10/h5-7,13-14H,3-4H2,1-2H3. The number of halogens is 1. The molecule has 0 aromatic rings. The van der Waals surface area contributed by atoms with Gasteiger partial charge in [-0.1, -0.05) is 58.6 Å². The van der Waals surface area contributed by atoms with Crippen LogP contribution in [0.4, 0.5) is 0 Å². The monoisotopic (exact) mass is 578 g/mol. The number of Topliss-reactive ketones (excluding diaryl/α,β-unsaturated/α-hetero) is 1. The summed E-state index contributed by atoms with van der Waals surface area (Å²) in [7, 11) is 0. The normalized spacial score (nSPS) is 34.6. The number of carbonyl (C=O) groups excluding carboxylic acids is 2. The molecule has 1 saturated carbocycles. The van der Waals surface area contributed by atoms with Crippen molar-refractivity contribution < 1.29 is 9.59 Å². The predicted octanol–water partition coefficient (Wildman–Crippen LogP) is 7.88. The zero-order valence-electron chi connectivity index (χ0n) is 16.3. The third-order valence-corrected chi connectivity index (χ3v) is 18.5. The summed E-state index contributed by atoms with van der Waals surface area (Å²) in [5.41, 5.74) is 1.51. The van der Waals surface area contributed by atoms with Gasteiger partial charge in [0.15, 0.2) is 5.78 Å². The van der Waals surface area contributed by atoms with Gasteiger partial charge in [0.2, 0.25) is 5.78 Å². The molecule has 4 unspecified atom stereocenters. The summed E-state index contributed by atoms with van der Waals surface area (Å²) >= 11 is 21.3. The minimum absolute atomic E-state index is 0.0339. The first-order valence-corrected chi connectivity index (χ1v) is 17.4. The Labute approximate surface area is 220 Å². The minimum atomic E-state index is -0.106. The molecule has 0 N–H and O–H groups in total. The van der Waals surface area contributed by atoms with Crippen molar-refractivity contribution in [3.05, 3.63) is 47.7 Å². The van der Waals surface area contributed by atoms with Crippen molar-refractivity contribution in [3.8, 4) is 0 Å². The fourth-order valence-electron chi connectivity index (χ4n) is 4.81. The first-order valence-electron chi connectivity index (χ1n) is 9.56. The highest BCUT2D eigenvalue weighted by molar-refractivity contribution is 8.45. The molecule has 0 aromatic carbocycles. The van der Waals surface area contributed by atoms with Gasteiger partial charge in [-0.15, -0.1) is 47.0 Å². The van der Waals surface area contributed by atoms with Crippen LogP contribution >= 0.6 is 106 Å². The molecular weight excluding hydrogens is 564 g/mol. The molecular formula is C20H15ClO2S8. The highest BCUT2D eigenvalue weighted by Crippen LogP contribution is 2.71. The van der Waals surface area contributed by atoms with Crippen LogP contribution in [0.15, 0.2) is 47.7 Å². The third kappa shape index (κ3) is 3.56. The maximum atomic E-state index is 12.9. The molecule has 0 radical (unpaired) electrons. The van der Waals surface area contributed by atoms with E-state index in [4.69, 9.17) is 11.6 Å². The number of carbonyl (C=O) groups is 2. The minimum Gasteiger partial charge on any atom is -0.290 e. The van der Waals surface area contributed by atoms with E-state index >= 15 is 0 Å². The molecule has 3 aliphatic heterocycles. The lowest BCUT2D eigenvalue weighted by molar-refractivity contribution is -0.117. The molecule has 11 heteroatoms. The van der Waals surface area contributed by atoms with Gasteiger partial charge in [0.25, 0.3) is 0 Å². The van der Waals surface area contributed by atoms with Crippen molar-refractivity contribution in [2.24, 2.45) is 11.8 Å². The first kappa shape index (κ1) is 22.6. The number of hydrogen-bond acceptors (Lipinski definition) is 10. The summed E-state index contributed by atoms with van der Waals surface area (Å²) in [4.78, 5) is 25.7. The van der Waals surface area contributed by atoms with Crippen LogP contribution in [0.3, 0.4) is 0 Å². The maximum Gasteiger partial charge on any atom is 0.201 e. The Kier molecular flexibility index (Phi) is 6.31. The van der Waals surface area contributed by atoms with Crippen LogP contribution < -0.4 is 0 Å². The molecule has 4 atom stereocenters. The molecule has 162 valence electrons. The van der Waals surface area contributed by atoms with Crippen LogP contribution in [-0.4, -0.2) is 34.6 Å². The van der Waals surface area contributed by atoms with E-state index in [1.807, 2.05) is 94.1 Å². The Bertz CT molecular complexity index is 1080. The highest BCUT2D eigenvalue weighted by atomic mass is 35.5. The van der Waals surface area contributed by atoms with E-state index in [0.717, 1.165) is 24.0 Å². The molecule has 0 saturated heterocycles. The average Bonchev–Trinajstić information content (AvgIpc) is 3.39. The average molecular weight is 579 g/mol. The molecule has 0 amide bonds. The molecule has 7 aliphatic rings. The van der Waals surface area contributed by atoms with E-state index in [2.05, 4.69) is 12.5 Å². The summed E-state index contributed by atoms with van der Waals surface area (Å²) in [5.74, 6) is 0.165. The van der Waals surface area contributed by atoms with Crippen molar-refractivity contribution in [2.75, 3.05) is 12.5 Å². The Morgan fingerprint density at radius 1 is 0.806 bits per heavy atom. The molecule has 7 rings (SSSR count). The van der Waals surface area contributed by atoms with E-state index in [1.165, 1.54) is 31.5 Å². The molecule has 2 nitrogen and oxygen atoms in total. The second-order valence-corrected chi connectivity index (χ2v) is 17.6. The summed E-state index contributed by atoms with van der Waals surface area (Å²) in [6.45, 7) is 0. The fourth-order valence-corrected chi connectivity index (χ4v) is 17.5. The molecule has 3 heterocycles. The van der Waals surface area contributed by atoms with E-state index < -0.39 is 0 Å². The Morgan fingerprint density at radius 3 is 1.87 bits per heavy atom. The SMILES string of the molecule is CSC1=C(SC)SC(=C2SC3=C(S2)SC2C4CCC(C5=C4C(=O)C(Cl)=CC5=O)C2S3)S1. The topological polar surface area (TPSA) is 34.1 Å². The van der Waals surface area contributed by atoms with Crippen molar-refractivity contribution in [1.82, 2.24) is 0 Å². The van der Waals surface area contributed by atoms with Gasteiger partial charge in [-0.05, 0) is 25.4 Å². The van der Waals surface area contributed by atoms with Crippen molar-refractivity contribution in [3.63, 3.8) is 0 Å². The lowest BCUT2D eigenvalue weighted by Gasteiger charge is -2.51. The van der Waals surface area contributed by atoms with E-state index in [9.17, 15) is 9.59 Å². The van der Waals surface area contributed by atoms with Gasteiger partial charge in [-0.2, -0.15) is 0 Å². The zero-order chi connectivity index (χ0) is 21.4. The van der Waals surface area contributed by atoms with Gasteiger partial charge >= 0.3 is 0 Å². The quantitative estimate of drug-likeness (QED) is 0.302. The van der Waals surface area contributed by atoms with Crippen LogP contribution in [0.1, 0.15) is 12.8 Å². The second kappa shape index (κ2) is 8.66. The van der Waals surface area contributed by atoms with Gasteiger partial charge in [0.05, 0.1) is 30.5 Å². The molecule has 2 bridgehead atoms. The lowest BCUT2D eigenvalue weighted by atomic mass is 9.63. The van der Waals surface area contributed by atoms with Crippen LogP contribution in [0.25, 0.3) is 0 Å². The van der Waals surface area contributed by atoms with Crippen LogP contribution in [0.5, 0.6) is 0 Å². The predicted molar refractivity (Wildman–Crippen MR) is 148 cm³/mol. The lowest BCUT2D eigenvalue weighted by Crippen LogP contribution is -2.50. The largest absolute Gasteiger partial charge is 0.290 e. The van der Waals surface area contributed by atoms with Gasteiger partial charge in [0, 0.05) is 39.6 Å². The first-order chi connectivity index (χ1) is 15.0. The molecule has 4 aliphatic carbocycles. The number of hydrogen-bond donors (Lipinski definition) is 0. The van der Waals surface area contributed by atoms with Crippen LogP contribution in [0.2, 0.25) is 0 Å².